The zero-order chi connectivity index (χ0) is 17.3. The molecule has 0 unspecified atom stereocenters. The number of aryl methyl sites for hydroxylation is 1. The van der Waals surface area contributed by atoms with Crippen LogP contribution >= 0.6 is 23.2 Å². The summed E-state index contributed by atoms with van der Waals surface area (Å²) in [6.07, 6.45) is 0.178. The summed E-state index contributed by atoms with van der Waals surface area (Å²) in [4.78, 5) is 26.4. The fourth-order valence-corrected chi connectivity index (χ4v) is 3.04. The molecule has 0 radical (unpaired) electrons. The second-order valence-corrected chi connectivity index (χ2v) is 6.62. The van der Waals surface area contributed by atoms with Crippen molar-refractivity contribution in [3.8, 4) is 0 Å². The van der Waals surface area contributed by atoms with Crippen LogP contribution in [-0.4, -0.2) is 18.4 Å². The highest BCUT2D eigenvalue weighted by Gasteiger charge is 2.35. The molecule has 1 fully saturated rings. The van der Waals surface area contributed by atoms with Gasteiger partial charge in [-0.2, -0.15) is 0 Å². The molecular weight excluding hydrogens is 347 g/mol. The predicted molar refractivity (Wildman–Crippen MR) is 96.7 cm³/mol. The molecule has 2 aromatic carbocycles. The van der Waals surface area contributed by atoms with Crippen LogP contribution in [0.2, 0.25) is 10.0 Å². The molecule has 3 rings (SSSR count). The molecule has 1 N–H and O–H groups in total. The van der Waals surface area contributed by atoms with Crippen molar-refractivity contribution in [3.63, 3.8) is 0 Å². The minimum atomic E-state index is -0.422. The number of nitrogens with zero attached hydrogens (tertiary/aromatic N) is 1. The quantitative estimate of drug-likeness (QED) is 0.884. The molecule has 4 nitrogen and oxygen atoms in total. The second kappa shape index (κ2) is 6.83. The number of hydrogen-bond donors (Lipinski definition) is 1. The minimum absolute atomic E-state index is 0.0591. The Kier molecular flexibility index (Phi) is 4.78. The van der Waals surface area contributed by atoms with Gasteiger partial charge in [0.1, 0.15) is 0 Å². The van der Waals surface area contributed by atoms with Gasteiger partial charge in [-0.1, -0.05) is 47.0 Å². The van der Waals surface area contributed by atoms with Crippen molar-refractivity contribution in [1.82, 2.24) is 0 Å². The first kappa shape index (κ1) is 16.8. The van der Waals surface area contributed by atoms with E-state index in [-0.39, 0.29) is 18.2 Å². The molecule has 1 heterocycles. The van der Waals surface area contributed by atoms with Gasteiger partial charge in [-0.15, -0.1) is 0 Å². The van der Waals surface area contributed by atoms with Crippen molar-refractivity contribution >= 4 is 46.4 Å². The van der Waals surface area contributed by atoms with Crippen molar-refractivity contribution < 1.29 is 9.59 Å². The van der Waals surface area contributed by atoms with Crippen molar-refractivity contribution in [2.45, 2.75) is 13.3 Å². The average molecular weight is 363 g/mol. The second-order valence-electron chi connectivity index (χ2n) is 5.83. The van der Waals surface area contributed by atoms with E-state index in [0.29, 0.717) is 22.3 Å². The van der Waals surface area contributed by atoms with Crippen LogP contribution in [-0.2, 0) is 9.59 Å². The topological polar surface area (TPSA) is 49.4 Å². The van der Waals surface area contributed by atoms with Crippen LogP contribution in [0.25, 0.3) is 0 Å². The van der Waals surface area contributed by atoms with Gasteiger partial charge in [0.25, 0.3) is 0 Å². The molecule has 1 atom stereocenters. The summed E-state index contributed by atoms with van der Waals surface area (Å²) in [6.45, 7) is 2.34. The third-order valence-electron chi connectivity index (χ3n) is 4.05. The largest absolute Gasteiger partial charge is 0.324 e. The summed E-state index contributed by atoms with van der Waals surface area (Å²) >= 11 is 12.0. The summed E-state index contributed by atoms with van der Waals surface area (Å²) < 4.78 is 0. The number of carbonyl (C=O) groups excluding carboxylic acids is 2. The van der Waals surface area contributed by atoms with Gasteiger partial charge < -0.3 is 10.2 Å². The molecule has 0 aliphatic carbocycles. The van der Waals surface area contributed by atoms with Crippen molar-refractivity contribution in [3.05, 3.63) is 58.1 Å². The maximum Gasteiger partial charge on any atom is 0.229 e. The molecule has 1 saturated heterocycles. The van der Waals surface area contributed by atoms with Gasteiger partial charge in [0.05, 0.1) is 21.7 Å². The van der Waals surface area contributed by atoms with Crippen molar-refractivity contribution in [2.24, 2.45) is 5.92 Å². The van der Waals surface area contributed by atoms with Crippen LogP contribution in [0.1, 0.15) is 12.0 Å². The average Bonchev–Trinajstić information content (AvgIpc) is 2.94. The van der Waals surface area contributed by atoms with Gasteiger partial charge in [0.2, 0.25) is 11.8 Å². The number of hydrogen-bond acceptors (Lipinski definition) is 2. The van der Waals surface area contributed by atoms with Gasteiger partial charge in [-0.25, -0.2) is 0 Å². The number of anilines is 2. The highest BCUT2D eigenvalue weighted by Crippen LogP contribution is 2.31. The Labute approximate surface area is 150 Å². The van der Waals surface area contributed by atoms with E-state index in [2.05, 4.69) is 5.32 Å². The molecule has 2 aromatic rings. The first-order chi connectivity index (χ1) is 11.5. The van der Waals surface area contributed by atoms with Crippen molar-refractivity contribution in [1.29, 1.82) is 0 Å². The molecule has 124 valence electrons. The van der Waals surface area contributed by atoms with Gasteiger partial charge in [0.15, 0.2) is 0 Å². The lowest BCUT2D eigenvalue weighted by molar-refractivity contribution is -0.122. The predicted octanol–water partition coefficient (Wildman–Crippen LogP) is 4.29. The number of benzene rings is 2. The molecule has 24 heavy (non-hydrogen) atoms. The molecule has 0 saturated carbocycles. The molecule has 2 amide bonds. The normalized spacial score (nSPS) is 17.2. The Balaban J connectivity index is 1.72. The maximum atomic E-state index is 12.5. The van der Waals surface area contributed by atoms with E-state index >= 15 is 0 Å². The van der Waals surface area contributed by atoms with Crippen LogP contribution in [0.3, 0.4) is 0 Å². The first-order valence-electron chi connectivity index (χ1n) is 7.57. The van der Waals surface area contributed by atoms with E-state index in [9.17, 15) is 9.59 Å². The fraction of sp³-hybridized carbons (Fsp3) is 0.222. The van der Waals surface area contributed by atoms with Crippen LogP contribution in [0, 0.1) is 12.8 Å². The molecule has 6 heteroatoms. The third kappa shape index (κ3) is 3.40. The Morgan fingerprint density at radius 1 is 1.17 bits per heavy atom. The molecular formula is C18H16Cl2N2O2. The number of rotatable bonds is 3. The zero-order valence-electron chi connectivity index (χ0n) is 13.1. The number of carbonyl (C=O) groups is 2. The van der Waals surface area contributed by atoms with Crippen molar-refractivity contribution in [2.75, 3.05) is 16.8 Å². The van der Waals surface area contributed by atoms with Gasteiger partial charge in [0, 0.05) is 18.7 Å². The first-order valence-corrected chi connectivity index (χ1v) is 8.33. The highest BCUT2D eigenvalue weighted by molar-refractivity contribution is 6.44. The summed E-state index contributed by atoms with van der Waals surface area (Å²) in [7, 11) is 0. The van der Waals surface area contributed by atoms with E-state index in [1.807, 2.05) is 31.2 Å². The monoisotopic (exact) mass is 362 g/mol. The lowest BCUT2D eigenvalue weighted by atomic mass is 10.1. The smallest absolute Gasteiger partial charge is 0.229 e. The fourth-order valence-electron chi connectivity index (χ4n) is 2.69. The lowest BCUT2D eigenvalue weighted by Crippen LogP contribution is -2.28. The molecule has 1 aliphatic rings. The van der Waals surface area contributed by atoms with E-state index in [4.69, 9.17) is 23.2 Å². The number of nitrogens with one attached hydrogen (secondary N) is 1. The van der Waals surface area contributed by atoms with Gasteiger partial charge in [-0.05, 0) is 31.2 Å². The maximum absolute atomic E-state index is 12.5. The molecule has 1 aliphatic heterocycles. The van der Waals surface area contributed by atoms with E-state index in [1.54, 1.807) is 23.1 Å². The number of halogens is 2. The van der Waals surface area contributed by atoms with E-state index < -0.39 is 5.92 Å². The van der Waals surface area contributed by atoms with Crippen LogP contribution in [0.15, 0.2) is 42.5 Å². The highest BCUT2D eigenvalue weighted by atomic mass is 35.5. The van der Waals surface area contributed by atoms with E-state index in [1.165, 1.54) is 0 Å². The van der Waals surface area contributed by atoms with Crippen LogP contribution in [0.4, 0.5) is 11.4 Å². The summed E-state index contributed by atoms with van der Waals surface area (Å²) in [5, 5.41) is 3.43. The Morgan fingerprint density at radius 2 is 1.88 bits per heavy atom. The standard InChI is InChI=1S/C18H16Cl2N2O2/c1-11-5-7-13(8-6-11)22-10-12(9-16(22)23)18(24)21-15-4-2-3-14(19)17(15)20/h2-8,12H,9-10H2,1H3,(H,21,24)/t12-/m1/s1. The zero-order valence-corrected chi connectivity index (χ0v) is 14.6. The van der Waals surface area contributed by atoms with Gasteiger partial charge in [-0.3, -0.25) is 9.59 Å². The Morgan fingerprint density at radius 3 is 2.58 bits per heavy atom. The number of amides is 2. The summed E-state index contributed by atoms with van der Waals surface area (Å²) in [5.74, 6) is -0.716. The minimum Gasteiger partial charge on any atom is -0.324 e. The van der Waals surface area contributed by atoms with Crippen LogP contribution in [0.5, 0.6) is 0 Å². The SMILES string of the molecule is Cc1ccc(N2C[C@H](C(=O)Nc3cccc(Cl)c3Cl)CC2=O)cc1. The third-order valence-corrected chi connectivity index (χ3v) is 4.87. The van der Waals surface area contributed by atoms with E-state index in [0.717, 1.165) is 11.3 Å². The molecule has 0 spiro atoms. The van der Waals surface area contributed by atoms with Gasteiger partial charge >= 0.3 is 0 Å². The lowest BCUT2D eigenvalue weighted by Gasteiger charge is -2.17. The molecule has 0 bridgehead atoms. The molecule has 0 aromatic heterocycles. The summed E-state index contributed by atoms with van der Waals surface area (Å²) in [6, 6.07) is 12.7. The Bertz CT molecular complexity index is 790. The van der Waals surface area contributed by atoms with Crippen LogP contribution < -0.4 is 10.2 Å². The Hall–Kier alpha value is -2.04. The summed E-state index contributed by atoms with van der Waals surface area (Å²) in [5.41, 5.74) is 2.38.